The molecule has 20 heavy (non-hydrogen) atoms. The number of rotatable bonds is 7. The summed E-state index contributed by atoms with van der Waals surface area (Å²) in [6.45, 7) is 5.51. The summed E-state index contributed by atoms with van der Waals surface area (Å²) < 4.78 is 0.753. The molecule has 110 valence electrons. The highest BCUT2D eigenvalue weighted by Gasteiger charge is 2.38. The van der Waals surface area contributed by atoms with Crippen LogP contribution in [0.15, 0.2) is 24.8 Å². The van der Waals surface area contributed by atoms with E-state index in [2.05, 4.69) is 6.58 Å². The molecule has 1 aliphatic rings. The van der Waals surface area contributed by atoms with E-state index in [0.717, 1.165) is 22.1 Å². The Kier molecular flexibility index (Phi) is 5.24. The molecule has 0 aliphatic heterocycles. The molecule has 2 N–H and O–H groups in total. The van der Waals surface area contributed by atoms with Crippen molar-refractivity contribution >= 4 is 28.8 Å². The minimum absolute atomic E-state index is 0.0452. The summed E-state index contributed by atoms with van der Waals surface area (Å²) >= 11 is 7.45. The zero-order valence-corrected chi connectivity index (χ0v) is 13.2. The standard InChI is InChI=1S/C15H21ClN2OS/c1-2-8-18(10-12-4-5-13(16)20-12)14(19)9-15(11-17)6-3-7-15/h2,4-5H,1,3,6-11,17H2. The van der Waals surface area contributed by atoms with E-state index in [-0.39, 0.29) is 11.3 Å². The maximum atomic E-state index is 12.5. The first kappa shape index (κ1) is 15.5. The SMILES string of the molecule is C=CCN(Cc1ccc(Cl)s1)C(=O)CC1(CN)CCC1. The molecule has 1 aromatic heterocycles. The van der Waals surface area contributed by atoms with Gasteiger partial charge in [-0.15, -0.1) is 17.9 Å². The lowest BCUT2D eigenvalue weighted by atomic mass is 9.66. The monoisotopic (exact) mass is 312 g/mol. The smallest absolute Gasteiger partial charge is 0.223 e. The number of nitrogens with zero attached hydrogens (tertiary/aromatic N) is 1. The molecule has 1 aliphatic carbocycles. The summed E-state index contributed by atoms with van der Waals surface area (Å²) in [5, 5.41) is 0. The average Bonchev–Trinajstić information content (AvgIpc) is 2.78. The van der Waals surface area contributed by atoms with Crippen LogP contribution in [0.4, 0.5) is 0 Å². The molecular weight excluding hydrogens is 292 g/mol. The van der Waals surface area contributed by atoms with Crippen molar-refractivity contribution < 1.29 is 4.79 Å². The molecule has 1 saturated carbocycles. The van der Waals surface area contributed by atoms with Gasteiger partial charge in [0, 0.05) is 17.8 Å². The summed E-state index contributed by atoms with van der Waals surface area (Å²) in [5.41, 5.74) is 5.89. The van der Waals surface area contributed by atoms with Crippen LogP contribution < -0.4 is 5.73 Å². The maximum absolute atomic E-state index is 12.5. The molecule has 0 spiro atoms. The number of carbonyl (C=O) groups is 1. The first-order valence-corrected chi connectivity index (χ1v) is 8.11. The van der Waals surface area contributed by atoms with Crippen LogP contribution >= 0.6 is 22.9 Å². The fourth-order valence-corrected chi connectivity index (χ4v) is 3.70. The minimum atomic E-state index is 0.0452. The van der Waals surface area contributed by atoms with Crippen LogP contribution in [-0.4, -0.2) is 23.9 Å². The fraction of sp³-hybridized carbons (Fsp3) is 0.533. The third-order valence-corrected chi connectivity index (χ3v) is 5.27. The molecule has 0 radical (unpaired) electrons. The predicted molar refractivity (Wildman–Crippen MR) is 84.9 cm³/mol. The van der Waals surface area contributed by atoms with Gasteiger partial charge in [0.15, 0.2) is 0 Å². The van der Waals surface area contributed by atoms with E-state index in [1.54, 1.807) is 6.08 Å². The predicted octanol–water partition coefficient (Wildman–Crippen LogP) is 3.44. The Balaban J connectivity index is 2.00. The first-order chi connectivity index (χ1) is 9.58. The molecule has 3 nitrogen and oxygen atoms in total. The summed E-state index contributed by atoms with van der Waals surface area (Å²) in [6.07, 6.45) is 5.65. The lowest BCUT2D eigenvalue weighted by Gasteiger charge is -2.41. The van der Waals surface area contributed by atoms with Gasteiger partial charge >= 0.3 is 0 Å². The molecule has 0 saturated heterocycles. The van der Waals surface area contributed by atoms with E-state index in [0.29, 0.717) is 26.1 Å². The molecular formula is C15H21ClN2OS. The second kappa shape index (κ2) is 6.74. The molecule has 1 heterocycles. The zero-order chi connectivity index (χ0) is 14.6. The third kappa shape index (κ3) is 3.62. The van der Waals surface area contributed by atoms with Crippen LogP contribution in [-0.2, 0) is 11.3 Å². The quantitative estimate of drug-likeness (QED) is 0.784. The average molecular weight is 313 g/mol. The van der Waals surface area contributed by atoms with E-state index in [1.807, 2.05) is 17.0 Å². The van der Waals surface area contributed by atoms with Gasteiger partial charge in [0.25, 0.3) is 0 Å². The van der Waals surface area contributed by atoms with Crippen molar-refractivity contribution in [2.45, 2.75) is 32.2 Å². The largest absolute Gasteiger partial charge is 0.334 e. The van der Waals surface area contributed by atoms with E-state index in [9.17, 15) is 4.79 Å². The van der Waals surface area contributed by atoms with Crippen molar-refractivity contribution in [1.82, 2.24) is 4.90 Å². The van der Waals surface area contributed by atoms with Crippen molar-refractivity contribution in [1.29, 1.82) is 0 Å². The fourth-order valence-electron chi connectivity index (χ4n) is 2.60. The number of halogens is 1. The Morgan fingerprint density at radius 2 is 2.30 bits per heavy atom. The van der Waals surface area contributed by atoms with Crippen LogP contribution in [0.25, 0.3) is 0 Å². The van der Waals surface area contributed by atoms with Gasteiger partial charge in [-0.05, 0) is 36.9 Å². The maximum Gasteiger partial charge on any atom is 0.223 e. The van der Waals surface area contributed by atoms with Crippen molar-refractivity contribution in [3.63, 3.8) is 0 Å². The topological polar surface area (TPSA) is 46.3 Å². The van der Waals surface area contributed by atoms with Crippen LogP contribution in [0.3, 0.4) is 0 Å². The molecule has 0 atom stereocenters. The van der Waals surface area contributed by atoms with E-state index >= 15 is 0 Å². The number of hydrogen-bond acceptors (Lipinski definition) is 3. The van der Waals surface area contributed by atoms with Crippen LogP contribution in [0.2, 0.25) is 4.34 Å². The van der Waals surface area contributed by atoms with Gasteiger partial charge in [-0.1, -0.05) is 24.1 Å². The Bertz CT molecular complexity index is 476. The molecule has 5 heteroatoms. The number of amides is 1. The number of nitrogens with two attached hydrogens (primary N) is 1. The van der Waals surface area contributed by atoms with Crippen LogP contribution in [0.1, 0.15) is 30.6 Å². The summed E-state index contributed by atoms with van der Waals surface area (Å²) in [7, 11) is 0. The minimum Gasteiger partial charge on any atom is -0.334 e. The number of carbonyl (C=O) groups excluding carboxylic acids is 1. The van der Waals surface area contributed by atoms with Gasteiger partial charge in [-0.2, -0.15) is 0 Å². The molecule has 0 bridgehead atoms. The van der Waals surface area contributed by atoms with Crippen LogP contribution in [0.5, 0.6) is 0 Å². The molecule has 2 rings (SSSR count). The summed E-state index contributed by atoms with van der Waals surface area (Å²) in [5.74, 6) is 0.166. The Hall–Kier alpha value is -0.840. The second-order valence-electron chi connectivity index (χ2n) is 5.50. The van der Waals surface area contributed by atoms with E-state index in [4.69, 9.17) is 17.3 Å². The summed E-state index contributed by atoms with van der Waals surface area (Å²) in [4.78, 5) is 15.4. The molecule has 0 unspecified atom stereocenters. The molecule has 1 aromatic rings. The van der Waals surface area contributed by atoms with Gasteiger partial charge in [0.2, 0.25) is 5.91 Å². The number of thiophene rings is 1. The highest BCUT2D eigenvalue weighted by atomic mass is 35.5. The highest BCUT2D eigenvalue weighted by molar-refractivity contribution is 7.16. The first-order valence-electron chi connectivity index (χ1n) is 6.91. The molecule has 1 amide bonds. The molecule has 0 aromatic carbocycles. The van der Waals surface area contributed by atoms with E-state index < -0.39 is 0 Å². The normalized spacial score (nSPS) is 16.5. The Labute approximate surface area is 129 Å². The van der Waals surface area contributed by atoms with Gasteiger partial charge in [0.05, 0.1) is 10.9 Å². The lowest BCUT2D eigenvalue weighted by molar-refractivity contribution is -0.135. The van der Waals surface area contributed by atoms with Gasteiger partial charge in [-0.3, -0.25) is 4.79 Å². The Morgan fingerprint density at radius 1 is 1.55 bits per heavy atom. The Morgan fingerprint density at radius 3 is 2.75 bits per heavy atom. The highest BCUT2D eigenvalue weighted by Crippen LogP contribution is 2.43. The lowest BCUT2D eigenvalue weighted by Crippen LogP contribution is -2.43. The van der Waals surface area contributed by atoms with Crippen molar-refractivity contribution in [2.75, 3.05) is 13.1 Å². The van der Waals surface area contributed by atoms with Crippen molar-refractivity contribution in [2.24, 2.45) is 11.1 Å². The van der Waals surface area contributed by atoms with Gasteiger partial charge in [-0.25, -0.2) is 0 Å². The number of hydrogen-bond donors (Lipinski definition) is 1. The van der Waals surface area contributed by atoms with Crippen molar-refractivity contribution in [3.05, 3.63) is 34.0 Å². The summed E-state index contributed by atoms with van der Waals surface area (Å²) in [6, 6.07) is 3.84. The van der Waals surface area contributed by atoms with Gasteiger partial charge < -0.3 is 10.6 Å². The zero-order valence-electron chi connectivity index (χ0n) is 11.6. The van der Waals surface area contributed by atoms with E-state index in [1.165, 1.54) is 17.8 Å². The second-order valence-corrected chi connectivity index (χ2v) is 7.30. The molecule has 1 fully saturated rings. The van der Waals surface area contributed by atoms with Crippen LogP contribution in [0, 0.1) is 5.41 Å². The third-order valence-electron chi connectivity index (χ3n) is 4.05. The van der Waals surface area contributed by atoms with Gasteiger partial charge in [0.1, 0.15) is 0 Å². The van der Waals surface area contributed by atoms with Crippen molar-refractivity contribution in [3.8, 4) is 0 Å².